The lowest BCUT2D eigenvalue weighted by Gasteiger charge is -2.22. The van der Waals surface area contributed by atoms with E-state index in [1.54, 1.807) is 4.90 Å². The van der Waals surface area contributed by atoms with Crippen LogP contribution in [0.5, 0.6) is 0 Å². The zero-order valence-electron chi connectivity index (χ0n) is 43.6. The molecule has 30 nitrogen and oxygen atoms in total. The third-order valence-electron chi connectivity index (χ3n) is 9.72. The van der Waals surface area contributed by atoms with Crippen molar-refractivity contribution < 1.29 is 66.7 Å². The first-order valence-corrected chi connectivity index (χ1v) is 25.3. The molecule has 430 valence electrons. The highest BCUT2D eigenvalue weighted by Crippen LogP contribution is 1.92. The Hall–Kier alpha value is -4.47. The van der Waals surface area contributed by atoms with Crippen molar-refractivity contribution in [1.82, 2.24) is 46.6 Å². The van der Waals surface area contributed by atoms with Crippen LogP contribution in [-0.2, 0) is 66.7 Å². The number of rotatable bonds is 55. The molecule has 0 aromatic rings. The van der Waals surface area contributed by atoms with E-state index in [1.165, 1.54) is 0 Å². The fourth-order valence-corrected chi connectivity index (χ4v) is 6.13. The van der Waals surface area contributed by atoms with Gasteiger partial charge in [-0.15, -0.1) is 0 Å². The van der Waals surface area contributed by atoms with Crippen LogP contribution < -0.4 is 54.8 Å². The van der Waals surface area contributed by atoms with Gasteiger partial charge >= 0.3 is 0 Å². The summed E-state index contributed by atoms with van der Waals surface area (Å²) < 4.78 is 43.2. The number of carbonyl (C=O) groups excluding carboxylic acids is 6. The molecule has 0 aromatic carbocycles. The third-order valence-corrected chi connectivity index (χ3v) is 9.72. The number of hydrogen-bond acceptors (Lipinski definition) is 22. The van der Waals surface area contributed by atoms with Crippen LogP contribution in [0.2, 0.25) is 0 Å². The number of amides is 6. The van der Waals surface area contributed by atoms with E-state index in [4.69, 9.17) is 66.4 Å². The lowest BCUT2D eigenvalue weighted by Crippen LogP contribution is -2.45. The Morgan fingerprint density at radius 1 is 0.378 bits per heavy atom. The lowest BCUT2D eigenvalue weighted by molar-refractivity contribution is -0.126. The van der Waals surface area contributed by atoms with E-state index in [-0.39, 0.29) is 154 Å². The molecule has 0 heterocycles. The summed E-state index contributed by atoms with van der Waals surface area (Å²) >= 11 is 0. The van der Waals surface area contributed by atoms with Crippen LogP contribution in [0, 0.1) is 0 Å². The van der Waals surface area contributed by atoms with Gasteiger partial charge in [0.25, 0.3) is 0 Å². The molecule has 6 amide bonds. The van der Waals surface area contributed by atoms with Gasteiger partial charge in [-0.3, -0.25) is 43.5 Å². The van der Waals surface area contributed by atoms with Crippen LogP contribution in [0.1, 0.15) is 12.8 Å². The van der Waals surface area contributed by atoms with Crippen LogP contribution in [-0.4, -0.2) is 287 Å². The van der Waals surface area contributed by atoms with Gasteiger partial charge in [0.05, 0.1) is 112 Å². The maximum atomic E-state index is 12.9. The minimum atomic E-state index is -0.367. The van der Waals surface area contributed by atoms with E-state index < -0.39 is 0 Å². The molecule has 0 atom stereocenters. The highest BCUT2D eigenvalue weighted by molar-refractivity contribution is 5.79. The summed E-state index contributed by atoms with van der Waals surface area (Å²) in [6.45, 7) is 10.5. The fourth-order valence-electron chi connectivity index (χ4n) is 6.13. The third kappa shape index (κ3) is 48.5. The van der Waals surface area contributed by atoms with Crippen molar-refractivity contribution in [3.05, 3.63) is 10.4 Å². The molecule has 0 radical (unpaired) electrons. The van der Waals surface area contributed by atoms with Gasteiger partial charge in [0.1, 0.15) is 13.2 Å². The van der Waals surface area contributed by atoms with Crippen molar-refractivity contribution in [3.8, 4) is 0 Å². The average Bonchev–Trinajstić information content (AvgIpc) is 3.36. The molecular formula is C44H90N16O14. The van der Waals surface area contributed by atoms with Crippen molar-refractivity contribution in [3.63, 3.8) is 0 Å². The molecule has 74 heavy (non-hydrogen) atoms. The van der Waals surface area contributed by atoms with Crippen LogP contribution in [0.3, 0.4) is 0 Å². The van der Waals surface area contributed by atoms with Gasteiger partial charge in [-0.05, 0) is 12.0 Å². The summed E-state index contributed by atoms with van der Waals surface area (Å²) in [7, 11) is 0. The predicted molar refractivity (Wildman–Crippen MR) is 273 cm³/mol. The largest absolute Gasteiger partial charge is 0.379 e. The quantitative estimate of drug-likeness (QED) is 0.0117. The molecule has 0 unspecified atom stereocenters. The first-order chi connectivity index (χ1) is 36.1. The number of ether oxygens (including phenoxy) is 8. The van der Waals surface area contributed by atoms with Crippen LogP contribution in [0.25, 0.3) is 10.4 Å². The van der Waals surface area contributed by atoms with Crippen molar-refractivity contribution in [2.75, 3.05) is 237 Å². The highest BCUT2D eigenvalue weighted by atomic mass is 16.6. The standard InChI is InChI=1S/C44H90N16O14/c45-3-14-58(15-4-46)34-41(63)54-11-21-68-30-32-73-37-43(65)52-9-18-60(19-10-53-44(66)38-74-33-31-69-22-12-55-42(64)35-59(16-5-47)17-6-48)36-40(62)51-8-1-7-50-39(61)2-20-67-24-26-71-28-29-72-27-25-70-23-13-56-57-49/h1-38,45-48H2,(H,50,61)(H,51,62)(H,52,65)(H,53,66)(H,54,63)(H,55,64). The van der Waals surface area contributed by atoms with Crippen molar-refractivity contribution >= 4 is 35.4 Å². The topological polar surface area (TPSA) is 411 Å². The molecule has 0 aliphatic rings. The zero-order valence-corrected chi connectivity index (χ0v) is 43.6. The second kappa shape index (κ2) is 53.4. The predicted octanol–water partition coefficient (Wildman–Crippen LogP) is -6.35. The van der Waals surface area contributed by atoms with E-state index in [1.807, 2.05) is 9.80 Å². The monoisotopic (exact) mass is 1070 g/mol. The van der Waals surface area contributed by atoms with E-state index >= 15 is 0 Å². The SMILES string of the molecule is [N-]=[N+]=NCCOCCOCCOCCOCCC(=O)NCCCNC(=O)CN(CCNC(=O)COCCOCCNC(=O)CN(CCN)CCN)CCNC(=O)COCCOCCNC(=O)CN(CCN)CCN. The van der Waals surface area contributed by atoms with E-state index in [2.05, 4.69) is 41.9 Å². The van der Waals surface area contributed by atoms with Gasteiger partial charge in [0.2, 0.25) is 35.4 Å². The Kier molecular flexibility index (Phi) is 50.1. The van der Waals surface area contributed by atoms with Crippen LogP contribution >= 0.6 is 0 Å². The first-order valence-electron chi connectivity index (χ1n) is 25.3. The number of carbonyl (C=O) groups is 6. The molecule has 0 aliphatic heterocycles. The number of hydrogen-bond donors (Lipinski definition) is 10. The van der Waals surface area contributed by atoms with Gasteiger partial charge in [0.15, 0.2) is 0 Å². The Bertz CT molecular complexity index is 1400. The van der Waals surface area contributed by atoms with Crippen LogP contribution in [0.4, 0.5) is 0 Å². The average molecular weight is 1070 g/mol. The molecule has 30 heteroatoms. The first kappa shape index (κ1) is 69.5. The summed E-state index contributed by atoms with van der Waals surface area (Å²) in [5, 5.41) is 20.1. The maximum absolute atomic E-state index is 12.9. The Morgan fingerprint density at radius 3 is 1.11 bits per heavy atom. The molecular weight excluding hydrogens is 977 g/mol. The van der Waals surface area contributed by atoms with Gasteiger partial charge < -0.3 is 92.7 Å². The van der Waals surface area contributed by atoms with E-state index in [9.17, 15) is 28.8 Å². The molecule has 0 bridgehead atoms. The Labute approximate surface area is 435 Å². The molecule has 0 aromatic heterocycles. The second-order valence-corrected chi connectivity index (χ2v) is 15.9. The molecule has 0 rings (SSSR count). The van der Waals surface area contributed by atoms with Gasteiger partial charge in [-0.25, -0.2) is 0 Å². The summed E-state index contributed by atoms with van der Waals surface area (Å²) in [5.74, 6) is -1.52. The van der Waals surface area contributed by atoms with Gasteiger partial charge in [-0.2, -0.15) is 0 Å². The zero-order chi connectivity index (χ0) is 54.4. The Balaban J connectivity index is 4.54. The second-order valence-electron chi connectivity index (χ2n) is 15.9. The smallest absolute Gasteiger partial charge is 0.246 e. The number of azide groups is 1. The Morgan fingerprint density at radius 2 is 0.703 bits per heavy atom. The molecule has 0 aliphatic carbocycles. The van der Waals surface area contributed by atoms with Gasteiger partial charge in [0, 0.05) is 123 Å². The van der Waals surface area contributed by atoms with Crippen molar-refractivity contribution in [2.24, 2.45) is 28.0 Å². The maximum Gasteiger partial charge on any atom is 0.246 e. The molecule has 14 N–H and O–H groups in total. The minimum absolute atomic E-state index is 0.0235. The van der Waals surface area contributed by atoms with Crippen molar-refractivity contribution in [2.45, 2.75) is 12.8 Å². The molecule has 0 fully saturated rings. The summed E-state index contributed by atoms with van der Waals surface area (Å²) in [6.07, 6.45) is 0.654. The number of nitrogens with one attached hydrogen (secondary N) is 6. The summed E-state index contributed by atoms with van der Waals surface area (Å²) in [6, 6.07) is 0. The molecule has 0 saturated heterocycles. The van der Waals surface area contributed by atoms with Crippen LogP contribution in [0.15, 0.2) is 5.11 Å². The van der Waals surface area contributed by atoms with E-state index in [0.717, 1.165) is 0 Å². The van der Waals surface area contributed by atoms with E-state index in [0.29, 0.717) is 131 Å². The highest BCUT2D eigenvalue weighted by Gasteiger charge is 2.14. The summed E-state index contributed by atoms with van der Waals surface area (Å²) in [5.41, 5.74) is 30.5. The number of nitrogens with zero attached hydrogens (tertiary/aromatic N) is 6. The lowest BCUT2D eigenvalue weighted by atomic mass is 10.3. The number of nitrogens with two attached hydrogens (primary N) is 4. The fraction of sp³-hybridized carbons (Fsp3) is 0.864. The molecule has 0 saturated carbocycles. The molecule has 0 spiro atoms. The van der Waals surface area contributed by atoms with Gasteiger partial charge in [-0.1, -0.05) is 5.11 Å². The van der Waals surface area contributed by atoms with Crippen molar-refractivity contribution in [1.29, 1.82) is 0 Å². The normalized spacial score (nSPS) is 11.2. The minimum Gasteiger partial charge on any atom is -0.379 e. The summed E-state index contributed by atoms with van der Waals surface area (Å²) in [4.78, 5) is 82.5.